The van der Waals surface area contributed by atoms with E-state index in [1.165, 1.54) is 12.4 Å². The normalized spacial score (nSPS) is 18.5. The summed E-state index contributed by atoms with van der Waals surface area (Å²) < 4.78 is 0.704. The highest BCUT2D eigenvalue weighted by Crippen LogP contribution is 2.39. The van der Waals surface area contributed by atoms with Gasteiger partial charge >= 0.3 is 5.97 Å². The molecule has 1 aromatic rings. The second-order valence-corrected chi connectivity index (χ2v) is 5.19. The highest BCUT2D eigenvalue weighted by Gasteiger charge is 2.40. The van der Waals surface area contributed by atoms with E-state index in [2.05, 4.69) is 4.98 Å². The number of nitrogens with zero attached hydrogens (tertiary/aromatic N) is 2. The molecule has 0 bridgehead atoms. The van der Waals surface area contributed by atoms with E-state index in [4.69, 9.17) is 0 Å². The van der Waals surface area contributed by atoms with Gasteiger partial charge in [-0.3, -0.25) is 4.79 Å². The summed E-state index contributed by atoms with van der Waals surface area (Å²) in [5, 5.41) is 20.8. The van der Waals surface area contributed by atoms with Gasteiger partial charge in [0.1, 0.15) is 11.4 Å². The van der Waals surface area contributed by atoms with Gasteiger partial charge < -0.3 is 10.3 Å². The minimum atomic E-state index is -0.761. The number of carboxylic acid groups (broad SMARTS) is 1. The number of hydrogen-bond acceptors (Lipinski definition) is 3. The van der Waals surface area contributed by atoms with Crippen LogP contribution in [0.1, 0.15) is 43.5 Å². The molecule has 18 heavy (non-hydrogen) atoms. The first-order chi connectivity index (χ1) is 8.52. The average Bonchev–Trinajstić information content (AvgIpc) is 2.28. The highest BCUT2D eigenvalue weighted by molar-refractivity contribution is 5.75. The van der Waals surface area contributed by atoms with Crippen LogP contribution in [0.25, 0.3) is 0 Å². The van der Waals surface area contributed by atoms with Crippen molar-refractivity contribution in [1.82, 2.24) is 4.98 Å². The van der Waals surface area contributed by atoms with Crippen molar-refractivity contribution in [2.75, 3.05) is 0 Å². The smallest absolute Gasteiger partial charge is 0.310 e. The fourth-order valence-electron chi connectivity index (χ4n) is 2.78. The summed E-state index contributed by atoms with van der Waals surface area (Å²) in [5.41, 5.74) is 0.472. The minimum absolute atomic E-state index is 0.353. The SMILES string of the molecule is Cc1c[n+]([O-])cc(CC2(C(=O)O)CCCCC2)n1. The second kappa shape index (κ2) is 4.92. The molecule has 1 aliphatic rings. The van der Waals surface area contributed by atoms with Crippen molar-refractivity contribution < 1.29 is 14.6 Å². The third kappa shape index (κ3) is 2.60. The van der Waals surface area contributed by atoms with E-state index in [0.29, 0.717) is 35.4 Å². The molecule has 5 nitrogen and oxygen atoms in total. The Hall–Kier alpha value is -1.65. The van der Waals surface area contributed by atoms with Gasteiger partial charge in [0.2, 0.25) is 12.4 Å². The zero-order chi connectivity index (χ0) is 13.2. The first kappa shape index (κ1) is 12.8. The van der Waals surface area contributed by atoms with Crippen LogP contribution in [-0.4, -0.2) is 16.1 Å². The van der Waals surface area contributed by atoms with E-state index in [-0.39, 0.29) is 0 Å². The van der Waals surface area contributed by atoms with Crippen LogP contribution in [0.4, 0.5) is 0 Å². The number of aryl methyl sites for hydroxylation is 1. The van der Waals surface area contributed by atoms with Gasteiger partial charge in [-0.2, -0.15) is 4.73 Å². The molecule has 0 aromatic carbocycles. The van der Waals surface area contributed by atoms with Crippen LogP contribution in [0.5, 0.6) is 0 Å². The molecule has 1 fully saturated rings. The third-order valence-electron chi connectivity index (χ3n) is 3.69. The van der Waals surface area contributed by atoms with Crippen molar-refractivity contribution in [3.05, 3.63) is 29.0 Å². The van der Waals surface area contributed by atoms with Gasteiger partial charge in [0.15, 0.2) is 0 Å². The number of rotatable bonds is 3. The maximum atomic E-state index is 11.5. The molecule has 1 heterocycles. The number of carboxylic acids is 1. The summed E-state index contributed by atoms with van der Waals surface area (Å²) in [6.07, 6.45) is 7.45. The van der Waals surface area contributed by atoms with Gasteiger partial charge in [-0.15, -0.1) is 0 Å². The lowest BCUT2D eigenvalue weighted by atomic mass is 9.71. The van der Waals surface area contributed by atoms with Gasteiger partial charge in [-0.1, -0.05) is 19.3 Å². The number of hydrogen-bond donors (Lipinski definition) is 1. The first-order valence-corrected chi connectivity index (χ1v) is 6.32. The lowest BCUT2D eigenvalue weighted by molar-refractivity contribution is -0.606. The van der Waals surface area contributed by atoms with Crippen LogP contribution in [0.15, 0.2) is 12.4 Å². The van der Waals surface area contributed by atoms with Crippen molar-refractivity contribution in [1.29, 1.82) is 0 Å². The maximum Gasteiger partial charge on any atom is 0.310 e. The molecule has 1 saturated carbocycles. The van der Waals surface area contributed by atoms with Gasteiger partial charge in [-0.25, -0.2) is 4.98 Å². The lowest BCUT2D eigenvalue weighted by Crippen LogP contribution is -2.37. The minimum Gasteiger partial charge on any atom is -0.619 e. The molecule has 98 valence electrons. The number of carbonyl (C=O) groups is 1. The van der Waals surface area contributed by atoms with E-state index < -0.39 is 11.4 Å². The first-order valence-electron chi connectivity index (χ1n) is 6.32. The second-order valence-electron chi connectivity index (χ2n) is 5.19. The van der Waals surface area contributed by atoms with Gasteiger partial charge in [0.25, 0.3) is 0 Å². The quantitative estimate of drug-likeness (QED) is 0.653. The monoisotopic (exact) mass is 250 g/mol. The fourth-order valence-corrected chi connectivity index (χ4v) is 2.78. The zero-order valence-electron chi connectivity index (χ0n) is 10.6. The fraction of sp³-hybridized carbons (Fsp3) is 0.615. The van der Waals surface area contributed by atoms with E-state index in [1.807, 2.05) is 0 Å². The summed E-state index contributed by atoms with van der Waals surface area (Å²) in [6, 6.07) is 0. The molecule has 0 radical (unpaired) electrons. The molecule has 1 aliphatic carbocycles. The predicted octanol–water partition coefficient (Wildman–Crippen LogP) is 1.60. The molecule has 0 saturated heterocycles. The summed E-state index contributed by atoms with van der Waals surface area (Å²) in [6.45, 7) is 1.74. The van der Waals surface area contributed by atoms with Gasteiger partial charge in [-0.05, 0) is 19.8 Å². The van der Waals surface area contributed by atoms with Crippen LogP contribution >= 0.6 is 0 Å². The summed E-state index contributed by atoms with van der Waals surface area (Å²) >= 11 is 0. The van der Waals surface area contributed by atoms with Crippen LogP contribution in [-0.2, 0) is 11.2 Å². The van der Waals surface area contributed by atoms with E-state index in [1.54, 1.807) is 6.92 Å². The van der Waals surface area contributed by atoms with Crippen LogP contribution in [0.3, 0.4) is 0 Å². The summed E-state index contributed by atoms with van der Waals surface area (Å²) in [7, 11) is 0. The van der Waals surface area contributed by atoms with Gasteiger partial charge in [0.05, 0.1) is 5.41 Å². The van der Waals surface area contributed by atoms with E-state index in [9.17, 15) is 15.1 Å². The molecule has 5 heteroatoms. The Bertz CT molecular complexity index is 433. The van der Waals surface area contributed by atoms with Crippen LogP contribution in [0, 0.1) is 17.5 Å². The van der Waals surface area contributed by atoms with Crippen molar-refractivity contribution in [2.24, 2.45) is 5.41 Å². The van der Waals surface area contributed by atoms with Crippen LogP contribution in [0.2, 0.25) is 0 Å². The van der Waals surface area contributed by atoms with Crippen molar-refractivity contribution in [3.63, 3.8) is 0 Å². The molecule has 0 amide bonds. The third-order valence-corrected chi connectivity index (χ3v) is 3.69. The largest absolute Gasteiger partial charge is 0.619 e. The Labute approximate surface area is 106 Å². The Morgan fingerprint density at radius 3 is 2.67 bits per heavy atom. The molecule has 0 unspecified atom stereocenters. The molecule has 2 rings (SSSR count). The van der Waals surface area contributed by atoms with E-state index >= 15 is 0 Å². The zero-order valence-corrected chi connectivity index (χ0v) is 10.6. The molecule has 1 aromatic heterocycles. The predicted molar refractivity (Wildman–Crippen MR) is 64.8 cm³/mol. The molecule has 1 N–H and O–H groups in total. The lowest BCUT2D eigenvalue weighted by Gasteiger charge is -2.32. The number of aromatic nitrogens is 2. The molecular formula is C13H18N2O3. The highest BCUT2D eigenvalue weighted by atomic mass is 16.5. The summed E-state index contributed by atoms with van der Waals surface area (Å²) in [4.78, 5) is 15.8. The Morgan fingerprint density at radius 1 is 1.44 bits per heavy atom. The molecule has 0 aliphatic heterocycles. The Morgan fingerprint density at radius 2 is 2.11 bits per heavy atom. The van der Waals surface area contributed by atoms with Crippen LogP contribution < -0.4 is 4.73 Å². The average molecular weight is 250 g/mol. The van der Waals surface area contributed by atoms with Crippen molar-refractivity contribution in [2.45, 2.75) is 45.4 Å². The Balaban J connectivity index is 2.25. The van der Waals surface area contributed by atoms with Crippen molar-refractivity contribution in [3.8, 4) is 0 Å². The molecule has 0 spiro atoms. The van der Waals surface area contributed by atoms with Gasteiger partial charge in [0, 0.05) is 6.42 Å². The van der Waals surface area contributed by atoms with E-state index in [0.717, 1.165) is 19.3 Å². The standard InChI is InChI=1S/C13H18N2O3/c1-10-8-15(18)9-11(14-10)7-13(12(16)17)5-3-2-4-6-13/h8-9H,2-7H2,1H3,(H,16,17). The number of aliphatic carboxylic acids is 1. The topological polar surface area (TPSA) is 77.1 Å². The Kier molecular flexibility index (Phi) is 3.50. The summed E-state index contributed by atoms with van der Waals surface area (Å²) in [5.74, 6) is -0.761. The molecular weight excluding hydrogens is 232 g/mol. The molecule has 0 atom stereocenters. The van der Waals surface area contributed by atoms with Crippen molar-refractivity contribution >= 4 is 5.97 Å². The maximum absolute atomic E-state index is 11.5.